The van der Waals surface area contributed by atoms with Crippen LogP contribution >= 0.6 is 0 Å². The molecule has 2 saturated heterocycles. The first-order valence-corrected chi connectivity index (χ1v) is 19.6. The zero-order valence-corrected chi connectivity index (χ0v) is 28.7. The molecule has 3 aliphatic heterocycles. The van der Waals surface area contributed by atoms with E-state index >= 15 is 4.79 Å². The first-order chi connectivity index (χ1) is 23.2. The molecule has 4 heterocycles. The molecule has 4 atom stereocenters. The number of methoxy groups -OCH3 is 1. The van der Waals surface area contributed by atoms with E-state index in [9.17, 15) is 9.90 Å². The highest BCUT2D eigenvalue weighted by Crippen LogP contribution is 2.61. The number of carbonyl (C=O) groups is 2. The van der Waals surface area contributed by atoms with Crippen LogP contribution in [-0.2, 0) is 32.8 Å². The van der Waals surface area contributed by atoms with E-state index < -0.39 is 19.8 Å². The van der Waals surface area contributed by atoms with Crippen LogP contribution in [0.5, 0.6) is 5.75 Å². The number of aryl methyl sites for hydroxylation is 1. The van der Waals surface area contributed by atoms with Crippen LogP contribution in [0, 0.1) is 5.92 Å². The fourth-order valence-corrected chi connectivity index (χ4v) is 12.1. The molecule has 1 N–H and O–H groups in total. The van der Waals surface area contributed by atoms with Gasteiger partial charge in [-0.15, -0.1) is 5.10 Å². The lowest BCUT2D eigenvalue weighted by atomic mass is 9.82. The number of benzene rings is 3. The van der Waals surface area contributed by atoms with Crippen molar-refractivity contribution < 1.29 is 28.9 Å². The Morgan fingerprint density at radius 1 is 1.04 bits per heavy atom. The lowest BCUT2D eigenvalue weighted by molar-refractivity contribution is -0.145. The predicted octanol–water partition coefficient (Wildman–Crippen LogP) is 4.76. The Bertz CT molecular complexity index is 1820. The van der Waals surface area contributed by atoms with E-state index in [4.69, 9.17) is 14.2 Å². The van der Waals surface area contributed by atoms with E-state index in [1.165, 1.54) is 5.19 Å². The summed E-state index contributed by atoms with van der Waals surface area (Å²) in [6.07, 6.45) is 2.22. The summed E-state index contributed by atoms with van der Waals surface area (Å²) in [5.41, 5.74) is 2.42. The zero-order valence-electron chi connectivity index (χ0n) is 27.7. The molecule has 1 aromatic heterocycles. The molecule has 0 unspecified atom stereocenters. The van der Waals surface area contributed by atoms with Crippen molar-refractivity contribution in [1.82, 2.24) is 15.0 Å². The molecule has 48 heavy (non-hydrogen) atoms. The number of aromatic nitrogens is 3. The quantitative estimate of drug-likeness (QED) is 0.241. The highest BCUT2D eigenvalue weighted by atomic mass is 28.3. The summed E-state index contributed by atoms with van der Waals surface area (Å²) >= 11 is 0. The molecule has 0 bridgehead atoms. The summed E-state index contributed by atoms with van der Waals surface area (Å²) in [6, 6.07) is 23.7. The van der Waals surface area contributed by atoms with Crippen LogP contribution in [0.15, 0.2) is 79.0 Å². The number of cyclic esters (lactones) is 1. The number of fused-ring (bicyclic) bond motifs is 2. The minimum Gasteiger partial charge on any atom is -0.497 e. The fourth-order valence-electron chi connectivity index (χ4n) is 8.06. The lowest BCUT2D eigenvalue weighted by Gasteiger charge is -2.37. The molecular weight excluding hydrogens is 627 g/mol. The highest BCUT2D eigenvalue weighted by Gasteiger charge is 2.66. The van der Waals surface area contributed by atoms with Gasteiger partial charge in [0.2, 0.25) is 0 Å². The second kappa shape index (κ2) is 12.5. The molecule has 0 aliphatic carbocycles. The average molecular weight is 668 g/mol. The number of nitrogens with zero attached hydrogens (tertiary/aromatic N) is 5. The summed E-state index contributed by atoms with van der Waals surface area (Å²) in [7, 11) is -0.699. The molecule has 0 radical (unpaired) electrons. The number of anilines is 3. The predicted molar refractivity (Wildman–Crippen MR) is 184 cm³/mol. The monoisotopic (exact) mass is 667 g/mol. The number of carbonyl (C=O) groups excluding carboxylic acids is 2. The van der Waals surface area contributed by atoms with Gasteiger partial charge in [-0.2, -0.15) is 0 Å². The van der Waals surface area contributed by atoms with E-state index in [2.05, 4.69) is 42.5 Å². The Morgan fingerprint density at radius 2 is 1.81 bits per heavy atom. The van der Waals surface area contributed by atoms with Crippen molar-refractivity contribution in [3.05, 3.63) is 90.3 Å². The van der Waals surface area contributed by atoms with Gasteiger partial charge in [0.05, 0.1) is 39.2 Å². The molecule has 0 saturated carbocycles. The van der Waals surface area contributed by atoms with Crippen molar-refractivity contribution in [2.24, 2.45) is 5.92 Å². The molecule has 3 aromatic carbocycles. The topological polar surface area (TPSA) is 119 Å². The fraction of sp³-hybridized carbons (Fsp3) is 0.389. The van der Waals surface area contributed by atoms with Crippen LogP contribution in [0.3, 0.4) is 0 Å². The number of rotatable bonds is 10. The number of hydrogen-bond donors (Lipinski definition) is 1. The number of aliphatic hydroxyl groups excluding tert-OH is 1. The minimum atomic E-state index is -2.36. The maximum atomic E-state index is 15.1. The van der Waals surface area contributed by atoms with Crippen LogP contribution in [0.2, 0.25) is 18.6 Å². The molecule has 2 fully saturated rings. The summed E-state index contributed by atoms with van der Waals surface area (Å²) in [5, 5.41) is 19.2. The Hall–Kier alpha value is -4.52. The molecule has 1 spiro atoms. The number of ether oxygens (including phenoxy) is 3. The number of hydrogen-bond acceptors (Lipinski definition) is 8. The van der Waals surface area contributed by atoms with Gasteiger partial charge in [0.1, 0.15) is 12.4 Å². The van der Waals surface area contributed by atoms with Gasteiger partial charge in [-0.25, -0.2) is 4.79 Å². The summed E-state index contributed by atoms with van der Waals surface area (Å²) in [5.74, 6) is 0.451. The normalized spacial score (nSPS) is 23.6. The maximum Gasteiger partial charge on any atom is 0.414 e. The number of aliphatic hydroxyl groups is 1. The Labute approximate surface area is 281 Å². The van der Waals surface area contributed by atoms with Crippen LogP contribution in [0.25, 0.3) is 0 Å². The van der Waals surface area contributed by atoms with E-state index in [0.717, 1.165) is 28.4 Å². The Kier molecular flexibility index (Phi) is 8.34. The maximum absolute atomic E-state index is 15.1. The van der Waals surface area contributed by atoms with Gasteiger partial charge in [-0.05, 0) is 54.4 Å². The van der Waals surface area contributed by atoms with Gasteiger partial charge in [0.25, 0.3) is 5.91 Å². The Morgan fingerprint density at radius 3 is 2.50 bits per heavy atom. The molecule has 2 amide bonds. The molecule has 4 aromatic rings. The number of amides is 2. The summed E-state index contributed by atoms with van der Waals surface area (Å²) < 4.78 is 19.8. The van der Waals surface area contributed by atoms with Gasteiger partial charge >= 0.3 is 6.09 Å². The lowest BCUT2D eigenvalue weighted by Crippen LogP contribution is -2.51. The van der Waals surface area contributed by atoms with Gasteiger partial charge in [0.15, 0.2) is 5.60 Å². The SMILES string of the molecule is COc1ccc([Si](C)(C)[C@H]2[C@H](CCn3cc(CCO)nn3)O[C@@]3(C(=O)N(c4ccccc4)c4ccc(N5CCOC5=O)cc43)[C@@H]2C)cc1. The van der Waals surface area contributed by atoms with E-state index in [1.807, 2.05) is 66.9 Å². The van der Waals surface area contributed by atoms with Crippen LogP contribution in [0.1, 0.15) is 24.6 Å². The average Bonchev–Trinajstić information content (AvgIpc) is 3.86. The van der Waals surface area contributed by atoms with Crippen molar-refractivity contribution in [2.45, 2.75) is 56.7 Å². The molecular formula is C36H41N5O6Si. The third kappa shape index (κ3) is 5.19. The van der Waals surface area contributed by atoms with E-state index in [-0.39, 0.29) is 30.1 Å². The van der Waals surface area contributed by atoms with Gasteiger partial charge in [-0.3, -0.25) is 19.3 Å². The number of para-hydroxylation sites is 1. The standard InChI is InChI=1S/C36H41N5O6Si/c1-24-33(48(3,4)29-13-11-28(45-2)12-14-29)32(16-18-39-23-25(17-20-42)37-38-39)47-36(24)30-22-27(40-19-21-46-35(40)44)10-15-31(30)41(34(36)43)26-8-6-5-7-9-26/h5-15,22-24,32-33,42H,16-21H2,1-4H3/t24-,32+,33-,36+/m1/s1. The summed E-state index contributed by atoms with van der Waals surface area (Å²) in [6.45, 7) is 8.17. The first kappa shape index (κ1) is 32.0. The van der Waals surface area contributed by atoms with E-state index in [0.29, 0.717) is 38.2 Å². The molecule has 11 nitrogen and oxygen atoms in total. The smallest absolute Gasteiger partial charge is 0.414 e. The van der Waals surface area contributed by atoms with Crippen LogP contribution in [0.4, 0.5) is 21.9 Å². The van der Waals surface area contributed by atoms with E-state index in [1.54, 1.807) is 21.6 Å². The van der Waals surface area contributed by atoms with Crippen LogP contribution in [-0.4, -0.2) is 73.1 Å². The third-order valence-electron chi connectivity index (χ3n) is 10.4. The van der Waals surface area contributed by atoms with Gasteiger partial charge < -0.3 is 19.3 Å². The van der Waals surface area contributed by atoms with Crippen molar-refractivity contribution in [3.8, 4) is 5.75 Å². The van der Waals surface area contributed by atoms with Crippen LogP contribution < -0.4 is 19.7 Å². The first-order valence-electron chi connectivity index (χ1n) is 16.5. The second-order valence-corrected chi connectivity index (χ2v) is 18.0. The second-order valence-electron chi connectivity index (χ2n) is 13.3. The van der Waals surface area contributed by atoms with Crippen molar-refractivity contribution in [2.75, 3.05) is 36.7 Å². The van der Waals surface area contributed by atoms with Gasteiger partial charge in [-0.1, -0.05) is 60.7 Å². The Balaban J connectivity index is 1.35. The zero-order chi connectivity index (χ0) is 33.6. The van der Waals surface area contributed by atoms with Crippen molar-refractivity contribution in [1.29, 1.82) is 0 Å². The third-order valence-corrected chi connectivity index (χ3v) is 14.8. The minimum absolute atomic E-state index is 0.00472. The van der Waals surface area contributed by atoms with Crippen molar-refractivity contribution in [3.63, 3.8) is 0 Å². The van der Waals surface area contributed by atoms with Crippen molar-refractivity contribution >= 4 is 42.3 Å². The molecule has 3 aliphatic rings. The largest absolute Gasteiger partial charge is 0.497 e. The molecule has 250 valence electrons. The molecule has 12 heteroatoms. The summed E-state index contributed by atoms with van der Waals surface area (Å²) in [4.78, 5) is 31.2. The van der Waals surface area contributed by atoms with Gasteiger partial charge in [0, 0.05) is 48.6 Å². The molecule has 7 rings (SSSR count). The highest BCUT2D eigenvalue weighted by molar-refractivity contribution is 6.91.